The molecular formula is C21H21F6N3O5. The lowest BCUT2D eigenvalue weighted by Gasteiger charge is -2.35. The number of piperazine rings is 1. The average molecular weight is 509 g/mol. The van der Waals surface area contributed by atoms with Gasteiger partial charge in [0.05, 0.1) is 5.56 Å². The van der Waals surface area contributed by atoms with Crippen molar-refractivity contribution in [1.29, 1.82) is 5.26 Å². The monoisotopic (exact) mass is 509 g/mol. The van der Waals surface area contributed by atoms with E-state index in [0.717, 1.165) is 4.90 Å². The molecule has 0 radical (unpaired) electrons. The summed E-state index contributed by atoms with van der Waals surface area (Å²) in [5.41, 5.74) is -0.247. The predicted molar refractivity (Wildman–Crippen MR) is 105 cm³/mol. The van der Waals surface area contributed by atoms with Crippen molar-refractivity contribution >= 4 is 12.1 Å². The minimum Gasteiger partial charge on any atom is -0.491 e. The molecule has 0 bridgehead atoms. The van der Waals surface area contributed by atoms with Crippen molar-refractivity contribution in [3.05, 3.63) is 29.3 Å². The maximum absolute atomic E-state index is 12.6. The van der Waals surface area contributed by atoms with E-state index < -0.39 is 35.9 Å². The van der Waals surface area contributed by atoms with Gasteiger partial charge in [-0.1, -0.05) is 12.1 Å². The Morgan fingerprint density at radius 1 is 1.09 bits per heavy atom. The van der Waals surface area contributed by atoms with Crippen molar-refractivity contribution in [2.75, 3.05) is 32.8 Å². The fourth-order valence-electron chi connectivity index (χ4n) is 3.57. The molecular weight excluding hydrogens is 488 g/mol. The third kappa shape index (κ3) is 6.27. The normalized spacial score (nSPS) is 18.2. The third-order valence-electron chi connectivity index (χ3n) is 5.85. The molecule has 1 aromatic carbocycles. The van der Waals surface area contributed by atoms with Crippen LogP contribution < -0.4 is 4.74 Å². The number of aliphatic carboxylic acids is 1. The predicted octanol–water partition coefficient (Wildman–Crippen LogP) is 3.55. The van der Waals surface area contributed by atoms with Crippen LogP contribution in [0.2, 0.25) is 0 Å². The van der Waals surface area contributed by atoms with Gasteiger partial charge in [0.25, 0.3) is 6.10 Å². The summed E-state index contributed by atoms with van der Waals surface area (Å²) in [4.78, 5) is 25.9. The molecule has 3 rings (SSSR count). The highest BCUT2D eigenvalue weighted by atomic mass is 19.4. The smallest absolute Gasteiger partial charge is 0.434 e. The maximum Gasteiger partial charge on any atom is 0.434 e. The van der Waals surface area contributed by atoms with E-state index in [1.165, 1.54) is 6.07 Å². The first kappa shape index (κ1) is 26.4. The van der Waals surface area contributed by atoms with E-state index in [9.17, 15) is 46.3 Å². The highest BCUT2D eigenvalue weighted by Gasteiger charge is 2.60. The minimum atomic E-state index is -5.79. The minimum absolute atomic E-state index is 0.104. The SMILES string of the molecule is N#Cc1cccc(CN2CCN(C(=O)OC(C(F)(F)F)C(F)(F)F)CC2)c1OCC1(C(=O)O)CC1. The average Bonchev–Trinajstić information content (AvgIpc) is 3.56. The number of halogens is 6. The molecule has 1 aliphatic carbocycles. The van der Waals surface area contributed by atoms with Gasteiger partial charge < -0.3 is 19.5 Å². The summed E-state index contributed by atoms with van der Waals surface area (Å²) < 4.78 is 85.3. The molecule has 1 saturated heterocycles. The van der Waals surface area contributed by atoms with Crippen molar-refractivity contribution in [3.63, 3.8) is 0 Å². The maximum atomic E-state index is 12.6. The molecule has 192 valence electrons. The number of carbonyl (C=O) groups excluding carboxylic acids is 1. The molecule has 1 saturated carbocycles. The van der Waals surface area contributed by atoms with E-state index in [1.54, 1.807) is 17.0 Å². The molecule has 14 heteroatoms. The van der Waals surface area contributed by atoms with E-state index in [1.807, 2.05) is 6.07 Å². The van der Waals surface area contributed by atoms with Crippen LogP contribution in [0.15, 0.2) is 18.2 Å². The number of alkyl halides is 6. The number of hydrogen-bond acceptors (Lipinski definition) is 6. The zero-order chi connectivity index (χ0) is 26.0. The van der Waals surface area contributed by atoms with Gasteiger partial charge in [-0.05, 0) is 18.9 Å². The molecule has 1 N–H and O–H groups in total. The van der Waals surface area contributed by atoms with Gasteiger partial charge in [0.15, 0.2) is 0 Å². The van der Waals surface area contributed by atoms with Gasteiger partial charge in [-0.25, -0.2) is 4.79 Å². The number of carboxylic acids is 1. The molecule has 1 aliphatic heterocycles. The molecule has 0 spiro atoms. The molecule has 8 nitrogen and oxygen atoms in total. The van der Waals surface area contributed by atoms with Crippen LogP contribution in [-0.4, -0.2) is 78.2 Å². The largest absolute Gasteiger partial charge is 0.491 e. The fraction of sp³-hybridized carbons (Fsp3) is 0.571. The number of amides is 1. The van der Waals surface area contributed by atoms with E-state index >= 15 is 0 Å². The van der Waals surface area contributed by atoms with Crippen LogP contribution in [0.1, 0.15) is 24.0 Å². The Bertz CT molecular complexity index is 981. The van der Waals surface area contributed by atoms with Crippen LogP contribution in [0, 0.1) is 16.7 Å². The number of hydrogen-bond donors (Lipinski definition) is 1. The summed E-state index contributed by atoms with van der Waals surface area (Å²) in [6, 6.07) is 6.75. The topological polar surface area (TPSA) is 103 Å². The Labute approximate surface area is 195 Å². The van der Waals surface area contributed by atoms with Crippen LogP contribution in [0.3, 0.4) is 0 Å². The van der Waals surface area contributed by atoms with Gasteiger partial charge in [0, 0.05) is 38.3 Å². The van der Waals surface area contributed by atoms with Gasteiger partial charge in [-0.3, -0.25) is 9.69 Å². The van der Waals surface area contributed by atoms with E-state index in [4.69, 9.17) is 4.74 Å². The zero-order valence-corrected chi connectivity index (χ0v) is 18.2. The second-order valence-corrected chi connectivity index (χ2v) is 8.39. The number of para-hydroxylation sites is 1. The van der Waals surface area contributed by atoms with Gasteiger partial charge in [0.2, 0.25) is 0 Å². The highest BCUT2D eigenvalue weighted by molar-refractivity contribution is 5.78. The Kier molecular flexibility index (Phi) is 7.39. The van der Waals surface area contributed by atoms with E-state index in [2.05, 4.69) is 4.74 Å². The zero-order valence-electron chi connectivity index (χ0n) is 18.2. The van der Waals surface area contributed by atoms with Crippen LogP contribution in [0.4, 0.5) is 31.1 Å². The molecule has 1 aromatic rings. The summed E-state index contributed by atoms with van der Waals surface area (Å²) in [6.45, 7) is -0.0794. The number of nitriles is 1. The number of ether oxygens (including phenoxy) is 2. The van der Waals surface area contributed by atoms with Crippen molar-refractivity contribution in [1.82, 2.24) is 9.80 Å². The number of carboxylic acid groups (broad SMARTS) is 1. The highest BCUT2D eigenvalue weighted by Crippen LogP contribution is 2.46. The summed E-state index contributed by atoms with van der Waals surface area (Å²) in [5, 5.41) is 18.7. The first-order valence-corrected chi connectivity index (χ1v) is 10.5. The fourth-order valence-corrected chi connectivity index (χ4v) is 3.57. The number of benzene rings is 1. The molecule has 35 heavy (non-hydrogen) atoms. The van der Waals surface area contributed by atoms with Crippen molar-refractivity contribution in [2.24, 2.45) is 5.41 Å². The van der Waals surface area contributed by atoms with Crippen LogP contribution in [-0.2, 0) is 16.1 Å². The Balaban J connectivity index is 1.61. The van der Waals surface area contributed by atoms with Crippen LogP contribution in [0.5, 0.6) is 5.75 Å². The molecule has 2 fully saturated rings. The van der Waals surface area contributed by atoms with E-state index in [0.29, 0.717) is 18.4 Å². The molecule has 2 aliphatic rings. The molecule has 0 atom stereocenters. The second kappa shape index (κ2) is 9.80. The number of carbonyl (C=O) groups is 2. The van der Waals surface area contributed by atoms with Gasteiger partial charge in [0.1, 0.15) is 23.8 Å². The van der Waals surface area contributed by atoms with Crippen LogP contribution >= 0.6 is 0 Å². The molecule has 0 aromatic heterocycles. The van der Waals surface area contributed by atoms with Crippen molar-refractivity contribution < 1.29 is 50.5 Å². The third-order valence-corrected chi connectivity index (χ3v) is 5.85. The van der Waals surface area contributed by atoms with Gasteiger partial charge in [-0.15, -0.1) is 0 Å². The Morgan fingerprint density at radius 3 is 2.17 bits per heavy atom. The summed E-state index contributed by atoms with van der Waals surface area (Å²) in [6.07, 6.45) is -16.6. The summed E-state index contributed by atoms with van der Waals surface area (Å²) in [5.74, 6) is -0.780. The first-order chi connectivity index (χ1) is 16.3. The Morgan fingerprint density at radius 2 is 1.69 bits per heavy atom. The van der Waals surface area contributed by atoms with Gasteiger partial charge >= 0.3 is 24.4 Å². The molecule has 1 heterocycles. The summed E-state index contributed by atoms with van der Waals surface area (Å²) >= 11 is 0. The standard InChI is InChI=1S/C21H21F6N3O5/c22-20(23,24)16(21(25,26)27)35-18(33)30-8-6-29(7-9-30)11-14-3-1-2-13(10-28)15(14)34-12-19(4-5-19)17(31)32/h1-3,16H,4-9,11-12H2,(H,31,32). The van der Waals surface area contributed by atoms with Crippen molar-refractivity contribution in [2.45, 2.75) is 37.8 Å². The summed E-state index contributed by atoms with van der Waals surface area (Å²) in [7, 11) is 0. The second-order valence-electron chi connectivity index (χ2n) is 8.39. The quantitative estimate of drug-likeness (QED) is 0.561. The Hall–Kier alpha value is -3.21. The molecule has 1 amide bonds. The lowest BCUT2D eigenvalue weighted by molar-refractivity contribution is -0.308. The van der Waals surface area contributed by atoms with Crippen molar-refractivity contribution in [3.8, 4) is 11.8 Å². The van der Waals surface area contributed by atoms with Gasteiger partial charge in [-0.2, -0.15) is 31.6 Å². The van der Waals surface area contributed by atoms with E-state index in [-0.39, 0.29) is 50.6 Å². The number of rotatable bonds is 7. The lowest BCUT2D eigenvalue weighted by Crippen LogP contribution is -2.52. The first-order valence-electron chi connectivity index (χ1n) is 10.5. The van der Waals surface area contributed by atoms with Crippen LogP contribution in [0.25, 0.3) is 0 Å². The number of nitrogens with zero attached hydrogens (tertiary/aromatic N) is 3. The lowest BCUT2D eigenvalue weighted by atomic mass is 10.1. The molecule has 0 unspecified atom stereocenters.